The summed E-state index contributed by atoms with van der Waals surface area (Å²) in [4.78, 5) is 52.5. The van der Waals surface area contributed by atoms with Gasteiger partial charge in [0.15, 0.2) is 0 Å². The minimum Gasteiger partial charge on any atom is -0.324 e. The van der Waals surface area contributed by atoms with Crippen LogP contribution in [0.5, 0.6) is 0 Å². The highest BCUT2D eigenvalue weighted by atomic mass is 16.2. The Balaban J connectivity index is 1.24. The molecule has 0 spiro atoms. The van der Waals surface area contributed by atoms with Gasteiger partial charge in [-0.05, 0) is 42.2 Å². The van der Waals surface area contributed by atoms with Crippen LogP contribution < -0.4 is 10.6 Å². The summed E-state index contributed by atoms with van der Waals surface area (Å²) in [5.41, 5.74) is 3.15. The van der Waals surface area contributed by atoms with Crippen molar-refractivity contribution >= 4 is 29.4 Å². The standard InChI is InChI=1S/C24H24N4O4/c29-21-9-8-20(22(30)26-21)28-14-17-12-18(6-7-19(17)23(28)31)25-24(32)27-11-10-16(13-27)15-4-2-1-3-5-15/h1-7,12,16,20H,8-11,13-14H2,(H,25,32)(H,26,29,30). The molecule has 8 nitrogen and oxygen atoms in total. The summed E-state index contributed by atoms with van der Waals surface area (Å²) in [5, 5.41) is 5.25. The lowest BCUT2D eigenvalue weighted by molar-refractivity contribution is -0.136. The number of hydrogen-bond donors (Lipinski definition) is 2. The van der Waals surface area contributed by atoms with Crippen molar-refractivity contribution in [3.63, 3.8) is 0 Å². The number of nitrogens with one attached hydrogen (secondary N) is 2. The molecule has 5 amide bonds. The van der Waals surface area contributed by atoms with Gasteiger partial charge in [0.2, 0.25) is 11.8 Å². The lowest BCUT2D eigenvalue weighted by Crippen LogP contribution is -2.52. The Kier molecular flexibility index (Phi) is 5.13. The van der Waals surface area contributed by atoms with E-state index in [1.54, 1.807) is 18.2 Å². The molecule has 0 radical (unpaired) electrons. The van der Waals surface area contributed by atoms with E-state index in [9.17, 15) is 19.2 Å². The fourth-order valence-electron chi connectivity index (χ4n) is 4.80. The smallest absolute Gasteiger partial charge is 0.321 e. The van der Waals surface area contributed by atoms with Crippen LogP contribution >= 0.6 is 0 Å². The summed E-state index contributed by atoms with van der Waals surface area (Å²) >= 11 is 0. The van der Waals surface area contributed by atoms with Crippen LogP contribution in [0, 0.1) is 0 Å². The Morgan fingerprint density at radius 3 is 2.62 bits per heavy atom. The number of piperidine rings is 1. The second-order valence-corrected chi connectivity index (χ2v) is 8.54. The number of hydrogen-bond acceptors (Lipinski definition) is 4. The molecular formula is C24H24N4O4. The number of anilines is 1. The van der Waals surface area contributed by atoms with Crippen molar-refractivity contribution in [1.82, 2.24) is 15.1 Å². The van der Waals surface area contributed by atoms with E-state index < -0.39 is 11.9 Å². The van der Waals surface area contributed by atoms with Gasteiger partial charge in [0, 0.05) is 43.2 Å². The zero-order valence-corrected chi connectivity index (χ0v) is 17.5. The predicted molar refractivity (Wildman–Crippen MR) is 117 cm³/mol. The van der Waals surface area contributed by atoms with Crippen molar-refractivity contribution in [3.05, 3.63) is 65.2 Å². The fraction of sp³-hybridized carbons (Fsp3) is 0.333. The minimum atomic E-state index is -0.648. The molecule has 2 saturated heterocycles. The second kappa shape index (κ2) is 8.11. The molecule has 2 aromatic rings. The Hall–Kier alpha value is -3.68. The molecule has 2 aromatic carbocycles. The van der Waals surface area contributed by atoms with Crippen LogP contribution in [0.4, 0.5) is 10.5 Å². The molecule has 8 heteroatoms. The van der Waals surface area contributed by atoms with Gasteiger partial charge in [-0.1, -0.05) is 30.3 Å². The molecule has 164 valence electrons. The number of rotatable bonds is 3. The number of carbonyl (C=O) groups excluding carboxylic acids is 4. The van der Waals surface area contributed by atoms with E-state index >= 15 is 0 Å². The number of carbonyl (C=O) groups is 4. The molecule has 0 saturated carbocycles. The largest absolute Gasteiger partial charge is 0.324 e. The molecule has 0 aliphatic carbocycles. The maximum Gasteiger partial charge on any atom is 0.321 e. The van der Waals surface area contributed by atoms with Gasteiger partial charge in [0.05, 0.1) is 0 Å². The van der Waals surface area contributed by atoms with E-state index in [1.807, 2.05) is 23.1 Å². The number of benzene rings is 2. The van der Waals surface area contributed by atoms with Crippen molar-refractivity contribution in [3.8, 4) is 0 Å². The van der Waals surface area contributed by atoms with Crippen molar-refractivity contribution in [2.24, 2.45) is 0 Å². The van der Waals surface area contributed by atoms with Crippen LogP contribution in [-0.4, -0.2) is 52.7 Å². The molecule has 5 rings (SSSR count). The number of imide groups is 1. The number of likely N-dealkylation sites (tertiary alicyclic amines) is 1. The summed E-state index contributed by atoms with van der Waals surface area (Å²) in [6.07, 6.45) is 1.47. The van der Waals surface area contributed by atoms with Crippen molar-refractivity contribution < 1.29 is 19.2 Å². The molecule has 3 heterocycles. The number of nitrogens with zero attached hydrogens (tertiary/aromatic N) is 2. The zero-order chi connectivity index (χ0) is 22.2. The monoisotopic (exact) mass is 432 g/mol. The first-order valence-electron chi connectivity index (χ1n) is 10.9. The van der Waals surface area contributed by atoms with Gasteiger partial charge < -0.3 is 15.1 Å². The van der Waals surface area contributed by atoms with Crippen molar-refractivity contribution in [1.29, 1.82) is 0 Å². The van der Waals surface area contributed by atoms with E-state index in [-0.39, 0.29) is 30.8 Å². The van der Waals surface area contributed by atoms with E-state index in [2.05, 4.69) is 22.8 Å². The van der Waals surface area contributed by atoms with Gasteiger partial charge in [0.25, 0.3) is 5.91 Å². The van der Waals surface area contributed by atoms with Gasteiger partial charge in [0.1, 0.15) is 6.04 Å². The highest BCUT2D eigenvalue weighted by molar-refractivity contribution is 6.05. The topological polar surface area (TPSA) is 98.8 Å². The first-order chi connectivity index (χ1) is 15.5. The van der Waals surface area contributed by atoms with Crippen LogP contribution in [-0.2, 0) is 16.1 Å². The number of urea groups is 1. The first kappa shape index (κ1) is 20.2. The van der Waals surface area contributed by atoms with Crippen molar-refractivity contribution in [2.45, 2.75) is 37.8 Å². The van der Waals surface area contributed by atoms with Gasteiger partial charge in [-0.2, -0.15) is 0 Å². The van der Waals surface area contributed by atoms with Crippen LogP contribution in [0.3, 0.4) is 0 Å². The van der Waals surface area contributed by atoms with Crippen LogP contribution in [0.25, 0.3) is 0 Å². The minimum absolute atomic E-state index is 0.158. The molecule has 2 atom stereocenters. The maximum absolute atomic E-state index is 12.8. The van der Waals surface area contributed by atoms with Crippen molar-refractivity contribution in [2.75, 3.05) is 18.4 Å². The lowest BCUT2D eigenvalue weighted by atomic mass is 9.99. The van der Waals surface area contributed by atoms with Crippen LogP contribution in [0.1, 0.15) is 46.7 Å². The molecule has 0 bridgehead atoms. The molecule has 0 aromatic heterocycles. The summed E-state index contributed by atoms with van der Waals surface area (Å²) in [6.45, 7) is 1.64. The summed E-state index contributed by atoms with van der Waals surface area (Å²) in [5.74, 6) is -0.631. The van der Waals surface area contributed by atoms with Gasteiger partial charge in [-0.3, -0.25) is 19.7 Å². The third-order valence-corrected chi connectivity index (χ3v) is 6.52. The van der Waals surface area contributed by atoms with Gasteiger partial charge in [-0.25, -0.2) is 4.79 Å². The second-order valence-electron chi connectivity index (χ2n) is 8.54. The van der Waals surface area contributed by atoms with E-state index in [0.29, 0.717) is 36.7 Å². The predicted octanol–water partition coefficient (Wildman–Crippen LogP) is 2.47. The van der Waals surface area contributed by atoms with Crippen LogP contribution in [0.15, 0.2) is 48.5 Å². The molecule has 2 unspecified atom stereocenters. The quantitative estimate of drug-likeness (QED) is 0.728. The molecule has 2 fully saturated rings. The summed E-state index contributed by atoms with van der Waals surface area (Å²) in [6, 6.07) is 14.6. The van der Waals surface area contributed by atoms with E-state index in [4.69, 9.17) is 0 Å². The average molecular weight is 432 g/mol. The molecular weight excluding hydrogens is 408 g/mol. The number of amides is 5. The molecule has 32 heavy (non-hydrogen) atoms. The average Bonchev–Trinajstić information content (AvgIpc) is 3.40. The number of fused-ring (bicyclic) bond motifs is 1. The van der Waals surface area contributed by atoms with Crippen LogP contribution in [0.2, 0.25) is 0 Å². The zero-order valence-electron chi connectivity index (χ0n) is 17.5. The third kappa shape index (κ3) is 3.72. The first-order valence-corrected chi connectivity index (χ1v) is 10.9. The third-order valence-electron chi connectivity index (χ3n) is 6.52. The Bertz CT molecular complexity index is 1100. The highest BCUT2D eigenvalue weighted by Crippen LogP contribution is 2.30. The fourth-order valence-corrected chi connectivity index (χ4v) is 4.80. The normalized spacial score (nSPS) is 22.7. The van der Waals surface area contributed by atoms with E-state index in [1.165, 1.54) is 10.5 Å². The molecule has 3 aliphatic heterocycles. The van der Waals surface area contributed by atoms with E-state index in [0.717, 1.165) is 12.0 Å². The SMILES string of the molecule is O=C1CCC(N2Cc3cc(NC(=O)N4CCC(c5ccccc5)C4)ccc3C2=O)C(=O)N1. The summed E-state index contributed by atoms with van der Waals surface area (Å²) < 4.78 is 0. The summed E-state index contributed by atoms with van der Waals surface area (Å²) in [7, 11) is 0. The maximum atomic E-state index is 12.8. The van der Waals surface area contributed by atoms with Gasteiger partial charge >= 0.3 is 6.03 Å². The highest BCUT2D eigenvalue weighted by Gasteiger charge is 2.39. The Morgan fingerprint density at radius 1 is 1.03 bits per heavy atom. The Labute approximate surface area is 185 Å². The lowest BCUT2D eigenvalue weighted by Gasteiger charge is -2.29. The van der Waals surface area contributed by atoms with Gasteiger partial charge in [-0.15, -0.1) is 0 Å². The molecule has 3 aliphatic rings. The Morgan fingerprint density at radius 2 is 1.84 bits per heavy atom. The molecule has 2 N–H and O–H groups in total.